The average Bonchev–Trinajstić information content (AvgIpc) is 3.09. The first kappa shape index (κ1) is 49.2. The van der Waals surface area contributed by atoms with E-state index in [-0.39, 0.29) is 38.6 Å². The molecule has 0 aliphatic carbocycles. The van der Waals surface area contributed by atoms with Gasteiger partial charge in [-0.1, -0.05) is 114 Å². The fraction of sp³-hybridized carbons (Fsp3) is 0.744. The molecular weight excluding hydrogens is 658 g/mol. The first-order valence-corrected chi connectivity index (χ1v) is 20.3. The normalized spacial score (nSPS) is 13.5. The number of carboxylic acid groups (broad SMARTS) is 1. The number of esters is 2. The maximum absolute atomic E-state index is 12.7. The predicted molar refractivity (Wildman–Crippen MR) is 209 cm³/mol. The Bertz CT molecular complexity index is 998. The molecule has 52 heavy (non-hydrogen) atoms. The van der Waals surface area contributed by atoms with E-state index in [9.17, 15) is 19.5 Å². The largest absolute Gasteiger partial charge is 0.545 e. The lowest BCUT2D eigenvalue weighted by molar-refractivity contribution is -0.870. The van der Waals surface area contributed by atoms with Crippen molar-refractivity contribution in [3.8, 4) is 0 Å². The van der Waals surface area contributed by atoms with E-state index in [1.807, 2.05) is 21.1 Å². The van der Waals surface area contributed by atoms with Crippen molar-refractivity contribution in [1.82, 2.24) is 0 Å². The van der Waals surface area contributed by atoms with Crippen molar-refractivity contribution < 1.29 is 42.9 Å². The molecule has 0 amide bonds. The fourth-order valence-corrected chi connectivity index (χ4v) is 5.13. The van der Waals surface area contributed by atoms with Gasteiger partial charge in [0.1, 0.15) is 13.2 Å². The molecular formula is C43H75NO8. The standard InChI is InChI=1S/C43H75NO8/c1-6-8-10-12-14-16-18-20-22-23-25-27-29-31-33-40(45)50-37-39(38-51-43(42(47)48)49-36-35-44(3,4)5)52-41(46)34-32-30-28-26-24-21-19-17-15-13-11-9-7-2/h9,11,15,17-18,20-21,24,39,43H,6-8,10,12-14,16,19,22-23,25-38H2,1-5H3/b11-9-,17-15-,20-18-,24-21-. The van der Waals surface area contributed by atoms with Gasteiger partial charge < -0.3 is 33.3 Å². The Labute approximate surface area is 317 Å². The minimum absolute atomic E-state index is 0.139. The number of carboxylic acids is 1. The molecule has 0 heterocycles. The molecule has 0 N–H and O–H groups in total. The summed E-state index contributed by atoms with van der Waals surface area (Å²) in [6, 6.07) is 0. The van der Waals surface area contributed by atoms with E-state index >= 15 is 0 Å². The molecule has 0 radical (unpaired) electrons. The first-order valence-electron chi connectivity index (χ1n) is 20.3. The van der Waals surface area contributed by atoms with Crippen molar-refractivity contribution in [2.45, 2.75) is 161 Å². The monoisotopic (exact) mass is 734 g/mol. The number of likely N-dealkylation sites (N-methyl/N-ethyl adjacent to an activating group) is 1. The van der Waals surface area contributed by atoms with Gasteiger partial charge in [-0.15, -0.1) is 0 Å². The van der Waals surface area contributed by atoms with Gasteiger partial charge in [0.2, 0.25) is 0 Å². The first-order chi connectivity index (χ1) is 25.1. The molecule has 300 valence electrons. The maximum Gasteiger partial charge on any atom is 0.306 e. The summed E-state index contributed by atoms with van der Waals surface area (Å²) < 4.78 is 22.4. The number of rotatable bonds is 36. The molecule has 0 aromatic rings. The summed E-state index contributed by atoms with van der Waals surface area (Å²) in [6.07, 6.45) is 35.7. The number of carbonyl (C=O) groups is 3. The molecule has 9 nitrogen and oxygen atoms in total. The summed E-state index contributed by atoms with van der Waals surface area (Å²) in [5.41, 5.74) is 0. The van der Waals surface area contributed by atoms with Crippen LogP contribution in [0.2, 0.25) is 0 Å². The smallest absolute Gasteiger partial charge is 0.306 e. The molecule has 0 bridgehead atoms. The summed E-state index contributed by atoms with van der Waals surface area (Å²) in [4.78, 5) is 36.8. The van der Waals surface area contributed by atoms with E-state index in [0.29, 0.717) is 17.4 Å². The predicted octanol–water partition coefficient (Wildman–Crippen LogP) is 8.71. The lowest BCUT2D eigenvalue weighted by Crippen LogP contribution is -2.44. The van der Waals surface area contributed by atoms with Gasteiger partial charge in [-0.2, -0.15) is 0 Å². The molecule has 0 aromatic carbocycles. The number of nitrogens with zero attached hydrogens (tertiary/aromatic N) is 1. The molecule has 9 heteroatoms. The van der Waals surface area contributed by atoms with Crippen LogP contribution in [0.5, 0.6) is 0 Å². The van der Waals surface area contributed by atoms with Gasteiger partial charge in [-0.25, -0.2) is 0 Å². The number of hydrogen-bond acceptors (Lipinski definition) is 8. The number of aliphatic carboxylic acids is 1. The number of allylic oxidation sites excluding steroid dienone is 8. The van der Waals surface area contributed by atoms with Crippen LogP contribution in [0.1, 0.15) is 149 Å². The van der Waals surface area contributed by atoms with Crippen LogP contribution in [-0.4, -0.2) is 82.3 Å². The topological polar surface area (TPSA) is 111 Å². The minimum Gasteiger partial charge on any atom is -0.545 e. The van der Waals surface area contributed by atoms with Crippen molar-refractivity contribution in [3.63, 3.8) is 0 Å². The molecule has 0 aliphatic rings. The summed E-state index contributed by atoms with van der Waals surface area (Å²) in [6.45, 7) is 4.54. The van der Waals surface area contributed by atoms with Crippen molar-refractivity contribution in [1.29, 1.82) is 0 Å². The Morgan fingerprint density at radius 3 is 1.67 bits per heavy atom. The number of ether oxygens (including phenoxy) is 4. The fourth-order valence-electron chi connectivity index (χ4n) is 5.13. The lowest BCUT2D eigenvalue weighted by Gasteiger charge is -2.26. The minimum atomic E-state index is -1.63. The van der Waals surface area contributed by atoms with Gasteiger partial charge in [-0.3, -0.25) is 9.59 Å². The van der Waals surface area contributed by atoms with Crippen molar-refractivity contribution >= 4 is 17.9 Å². The zero-order valence-corrected chi connectivity index (χ0v) is 33.7. The number of unbranched alkanes of at least 4 members (excludes halogenated alkanes) is 13. The van der Waals surface area contributed by atoms with Crippen LogP contribution in [0.15, 0.2) is 48.6 Å². The van der Waals surface area contributed by atoms with Crippen LogP contribution in [-0.2, 0) is 33.3 Å². The zero-order valence-electron chi connectivity index (χ0n) is 33.7. The highest BCUT2D eigenvalue weighted by atomic mass is 16.7. The summed E-state index contributed by atoms with van der Waals surface area (Å²) >= 11 is 0. The van der Waals surface area contributed by atoms with Crippen LogP contribution in [0.25, 0.3) is 0 Å². The number of hydrogen-bond donors (Lipinski definition) is 0. The average molecular weight is 734 g/mol. The summed E-state index contributed by atoms with van der Waals surface area (Å²) in [5, 5.41) is 11.6. The summed E-state index contributed by atoms with van der Waals surface area (Å²) in [7, 11) is 5.88. The second kappa shape index (κ2) is 35.3. The highest BCUT2D eigenvalue weighted by Gasteiger charge is 2.21. The van der Waals surface area contributed by atoms with E-state index in [2.05, 4.69) is 62.5 Å². The number of carbonyl (C=O) groups excluding carboxylic acids is 3. The van der Waals surface area contributed by atoms with E-state index in [0.717, 1.165) is 77.0 Å². The molecule has 0 spiro atoms. The van der Waals surface area contributed by atoms with Gasteiger partial charge in [0, 0.05) is 12.8 Å². The Kier molecular flexibility index (Phi) is 33.4. The molecule has 0 saturated carbocycles. The molecule has 0 saturated heterocycles. The van der Waals surface area contributed by atoms with Crippen molar-refractivity contribution in [3.05, 3.63) is 48.6 Å². The SMILES string of the molecule is CC/C=C\C/C=C\C/C=C\CCCCCC(=O)OC(COC(=O)CCCCCCC/C=C\CCCCCCC)COC(OCC[N+](C)(C)C)C(=O)[O-]. The maximum atomic E-state index is 12.7. The summed E-state index contributed by atoms with van der Waals surface area (Å²) in [5.74, 6) is -2.35. The Morgan fingerprint density at radius 2 is 1.10 bits per heavy atom. The van der Waals surface area contributed by atoms with Crippen LogP contribution in [0.4, 0.5) is 0 Å². The quantitative estimate of drug-likeness (QED) is 0.0207. The van der Waals surface area contributed by atoms with E-state index in [1.165, 1.54) is 38.5 Å². The molecule has 2 unspecified atom stereocenters. The highest BCUT2D eigenvalue weighted by Crippen LogP contribution is 2.12. The molecule has 0 rings (SSSR count). The number of quaternary nitrogens is 1. The van der Waals surface area contributed by atoms with Gasteiger partial charge in [0.25, 0.3) is 0 Å². The Morgan fingerprint density at radius 1 is 0.596 bits per heavy atom. The third-order valence-electron chi connectivity index (χ3n) is 8.31. The third kappa shape index (κ3) is 35.6. The van der Waals surface area contributed by atoms with Gasteiger partial charge in [0.05, 0.1) is 40.3 Å². The van der Waals surface area contributed by atoms with E-state index in [1.54, 1.807) is 0 Å². The van der Waals surface area contributed by atoms with E-state index < -0.39 is 24.3 Å². The van der Waals surface area contributed by atoms with Crippen LogP contribution in [0, 0.1) is 0 Å². The highest BCUT2D eigenvalue weighted by molar-refractivity contribution is 5.70. The Hall–Kier alpha value is -2.75. The molecule has 0 aliphatic heterocycles. The van der Waals surface area contributed by atoms with Crippen LogP contribution in [0.3, 0.4) is 0 Å². The lowest BCUT2D eigenvalue weighted by atomic mass is 10.1. The van der Waals surface area contributed by atoms with Crippen LogP contribution >= 0.6 is 0 Å². The van der Waals surface area contributed by atoms with Crippen LogP contribution < -0.4 is 5.11 Å². The molecule has 2 atom stereocenters. The third-order valence-corrected chi connectivity index (χ3v) is 8.31. The second-order valence-electron chi connectivity index (χ2n) is 14.5. The van der Waals surface area contributed by atoms with Gasteiger partial charge >= 0.3 is 11.9 Å². The zero-order chi connectivity index (χ0) is 38.5. The van der Waals surface area contributed by atoms with Gasteiger partial charge in [-0.05, 0) is 70.6 Å². The Balaban J connectivity index is 4.57. The van der Waals surface area contributed by atoms with E-state index in [4.69, 9.17) is 18.9 Å². The second-order valence-corrected chi connectivity index (χ2v) is 14.5. The van der Waals surface area contributed by atoms with Gasteiger partial charge in [0.15, 0.2) is 12.4 Å². The van der Waals surface area contributed by atoms with Crippen molar-refractivity contribution in [2.24, 2.45) is 0 Å². The molecule has 0 fully saturated rings. The van der Waals surface area contributed by atoms with Crippen molar-refractivity contribution in [2.75, 3.05) is 47.5 Å². The molecule has 0 aromatic heterocycles.